The average Bonchev–Trinajstić information content (AvgIpc) is 2.68. The number of carbonyl (C=O) groups excluding carboxylic acids is 4. The lowest BCUT2D eigenvalue weighted by Crippen LogP contribution is -2.57. The fourth-order valence-electron chi connectivity index (χ4n) is 2.26. The molecule has 1 radical (unpaired) electrons. The standard InChI is InChI=1S/C18H25N4O6/c1-11(25)16(18(28)20-8-15(26)21-13(9-23)10-24)22-17(27)14(19)7-12-5-3-2-4-6-12/h2-6,11,13-14,16,23,25H,7-9,19H2,1H3,(H,20,28)(H,21,26)(H,22,27)/t11-,13-,14-,16-/m0/s1. The SMILES string of the molecule is C[C@H](O)[C@H](NC(=O)[C@@H](N)Cc1ccccc1)C(=O)NCC(=O)N[C@H]([C]=O)CO. The van der Waals surface area contributed by atoms with Gasteiger partial charge in [-0.2, -0.15) is 0 Å². The zero-order chi connectivity index (χ0) is 21.1. The Balaban J connectivity index is 2.58. The largest absolute Gasteiger partial charge is 0.394 e. The minimum atomic E-state index is -1.33. The van der Waals surface area contributed by atoms with Gasteiger partial charge in [0, 0.05) is 0 Å². The molecule has 3 amide bonds. The lowest BCUT2D eigenvalue weighted by molar-refractivity contribution is -0.133. The van der Waals surface area contributed by atoms with Gasteiger partial charge in [-0.15, -0.1) is 0 Å². The van der Waals surface area contributed by atoms with Crippen molar-refractivity contribution in [2.45, 2.75) is 37.6 Å². The van der Waals surface area contributed by atoms with Gasteiger partial charge in [0.25, 0.3) is 0 Å². The van der Waals surface area contributed by atoms with Gasteiger partial charge >= 0.3 is 0 Å². The molecule has 7 N–H and O–H groups in total. The second-order valence-corrected chi connectivity index (χ2v) is 6.16. The van der Waals surface area contributed by atoms with Crippen molar-refractivity contribution in [1.82, 2.24) is 16.0 Å². The van der Waals surface area contributed by atoms with Gasteiger partial charge < -0.3 is 31.9 Å². The van der Waals surface area contributed by atoms with Crippen LogP contribution < -0.4 is 21.7 Å². The first kappa shape index (κ1) is 23.2. The third kappa shape index (κ3) is 7.82. The molecule has 1 aromatic rings. The molecule has 0 aliphatic heterocycles. The molecular formula is C18H25N4O6. The van der Waals surface area contributed by atoms with Crippen molar-refractivity contribution in [2.24, 2.45) is 5.73 Å². The monoisotopic (exact) mass is 393 g/mol. The van der Waals surface area contributed by atoms with Gasteiger partial charge in [0.2, 0.25) is 24.0 Å². The molecule has 4 atom stereocenters. The van der Waals surface area contributed by atoms with Gasteiger partial charge in [0.15, 0.2) is 0 Å². The summed E-state index contributed by atoms with van der Waals surface area (Å²) in [6, 6.07) is 5.59. The highest BCUT2D eigenvalue weighted by Gasteiger charge is 2.28. The summed E-state index contributed by atoms with van der Waals surface area (Å²) in [7, 11) is 0. The predicted molar refractivity (Wildman–Crippen MR) is 99.5 cm³/mol. The zero-order valence-corrected chi connectivity index (χ0v) is 15.4. The van der Waals surface area contributed by atoms with Gasteiger partial charge in [-0.05, 0) is 18.9 Å². The molecule has 0 saturated heterocycles. The Labute approximate surface area is 162 Å². The fraction of sp³-hybridized carbons (Fsp3) is 0.444. The van der Waals surface area contributed by atoms with Gasteiger partial charge in [-0.1, -0.05) is 30.3 Å². The number of hydrogen-bond donors (Lipinski definition) is 6. The molecule has 0 bridgehead atoms. The van der Waals surface area contributed by atoms with Crippen molar-refractivity contribution in [3.8, 4) is 0 Å². The van der Waals surface area contributed by atoms with E-state index < -0.39 is 55.1 Å². The van der Waals surface area contributed by atoms with Crippen LogP contribution in [0.15, 0.2) is 30.3 Å². The Bertz CT molecular complexity index is 667. The molecule has 1 aromatic carbocycles. The third-order valence-electron chi connectivity index (χ3n) is 3.78. The second kappa shape index (κ2) is 11.8. The zero-order valence-electron chi connectivity index (χ0n) is 15.4. The molecular weight excluding hydrogens is 368 g/mol. The Morgan fingerprint density at radius 1 is 1.14 bits per heavy atom. The molecule has 0 aliphatic carbocycles. The highest BCUT2D eigenvalue weighted by atomic mass is 16.3. The molecule has 0 aliphatic rings. The molecule has 1 rings (SSSR count). The van der Waals surface area contributed by atoms with E-state index in [0.717, 1.165) is 5.56 Å². The summed E-state index contributed by atoms with van der Waals surface area (Å²) < 4.78 is 0. The normalized spacial score (nSPS) is 14.9. The molecule has 0 spiro atoms. The van der Waals surface area contributed by atoms with E-state index in [0.29, 0.717) is 0 Å². The van der Waals surface area contributed by atoms with E-state index in [-0.39, 0.29) is 6.42 Å². The Kier molecular flexibility index (Phi) is 9.79. The van der Waals surface area contributed by atoms with E-state index in [1.54, 1.807) is 24.3 Å². The van der Waals surface area contributed by atoms with E-state index in [9.17, 15) is 24.3 Å². The molecule has 10 nitrogen and oxygen atoms in total. The minimum Gasteiger partial charge on any atom is -0.394 e. The summed E-state index contributed by atoms with van der Waals surface area (Å²) >= 11 is 0. The summed E-state index contributed by atoms with van der Waals surface area (Å²) in [6.07, 6.45) is 0.412. The predicted octanol–water partition coefficient (Wildman–Crippen LogP) is -2.87. The lowest BCUT2D eigenvalue weighted by atomic mass is 10.0. The maximum absolute atomic E-state index is 12.3. The van der Waals surface area contributed by atoms with E-state index in [1.165, 1.54) is 13.2 Å². The van der Waals surface area contributed by atoms with Crippen LogP contribution >= 0.6 is 0 Å². The van der Waals surface area contributed by atoms with Crippen LogP contribution in [0.2, 0.25) is 0 Å². The first-order valence-electron chi connectivity index (χ1n) is 8.62. The molecule has 0 heterocycles. The summed E-state index contributed by atoms with van der Waals surface area (Å²) in [5, 5.41) is 25.3. The third-order valence-corrected chi connectivity index (χ3v) is 3.78. The summed E-state index contributed by atoms with van der Waals surface area (Å²) in [5.41, 5.74) is 6.69. The van der Waals surface area contributed by atoms with Crippen molar-refractivity contribution >= 4 is 24.0 Å². The van der Waals surface area contributed by atoms with Crippen LogP contribution in [0.3, 0.4) is 0 Å². The van der Waals surface area contributed by atoms with Gasteiger partial charge in [-0.3, -0.25) is 19.2 Å². The van der Waals surface area contributed by atoms with Gasteiger partial charge in [0.05, 0.1) is 25.3 Å². The fourth-order valence-corrected chi connectivity index (χ4v) is 2.26. The van der Waals surface area contributed by atoms with Crippen LogP contribution in [-0.4, -0.2) is 71.6 Å². The second-order valence-electron chi connectivity index (χ2n) is 6.16. The summed E-state index contributed by atoms with van der Waals surface area (Å²) in [6.45, 7) is 0.150. The molecule has 28 heavy (non-hydrogen) atoms. The Morgan fingerprint density at radius 3 is 2.32 bits per heavy atom. The smallest absolute Gasteiger partial charge is 0.245 e. The number of hydrogen-bond acceptors (Lipinski definition) is 7. The molecule has 10 heteroatoms. The van der Waals surface area contributed by atoms with E-state index in [4.69, 9.17) is 10.8 Å². The van der Waals surface area contributed by atoms with Crippen LogP contribution in [0.25, 0.3) is 0 Å². The Morgan fingerprint density at radius 2 is 1.79 bits per heavy atom. The van der Waals surface area contributed by atoms with Crippen LogP contribution in [0, 0.1) is 0 Å². The molecule has 0 unspecified atom stereocenters. The van der Waals surface area contributed by atoms with Crippen molar-refractivity contribution < 1.29 is 29.4 Å². The van der Waals surface area contributed by atoms with Crippen molar-refractivity contribution in [3.63, 3.8) is 0 Å². The van der Waals surface area contributed by atoms with Gasteiger partial charge in [0.1, 0.15) is 12.1 Å². The summed E-state index contributed by atoms with van der Waals surface area (Å²) in [5.74, 6) is -2.18. The number of nitrogens with one attached hydrogen (secondary N) is 3. The maximum Gasteiger partial charge on any atom is 0.245 e. The van der Waals surface area contributed by atoms with Crippen LogP contribution in [0.4, 0.5) is 0 Å². The molecule has 0 fully saturated rings. The maximum atomic E-state index is 12.3. The van der Waals surface area contributed by atoms with Gasteiger partial charge in [-0.25, -0.2) is 0 Å². The molecule has 0 aromatic heterocycles. The number of amides is 3. The summed E-state index contributed by atoms with van der Waals surface area (Å²) in [4.78, 5) is 46.5. The first-order chi connectivity index (χ1) is 13.3. The topological polar surface area (TPSA) is 171 Å². The lowest BCUT2D eigenvalue weighted by Gasteiger charge is -2.23. The Hall–Kier alpha value is -2.82. The van der Waals surface area contributed by atoms with E-state index in [2.05, 4.69) is 16.0 Å². The number of aliphatic hydroxyl groups excluding tert-OH is 2. The molecule has 153 valence electrons. The van der Waals surface area contributed by atoms with E-state index >= 15 is 0 Å². The first-order valence-corrected chi connectivity index (χ1v) is 8.62. The van der Waals surface area contributed by atoms with E-state index in [1.807, 2.05) is 6.07 Å². The van der Waals surface area contributed by atoms with Crippen molar-refractivity contribution in [3.05, 3.63) is 35.9 Å². The number of aliphatic hydroxyl groups is 2. The quantitative estimate of drug-likeness (QED) is 0.234. The number of benzene rings is 1. The highest BCUT2D eigenvalue weighted by Crippen LogP contribution is 2.03. The highest BCUT2D eigenvalue weighted by molar-refractivity contribution is 5.92. The average molecular weight is 393 g/mol. The van der Waals surface area contributed by atoms with Crippen LogP contribution in [-0.2, 0) is 25.6 Å². The van der Waals surface area contributed by atoms with Crippen molar-refractivity contribution in [1.29, 1.82) is 0 Å². The van der Waals surface area contributed by atoms with Crippen LogP contribution in [0.5, 0.6) is 0 Å². The number of nitrogens with two attached hydrogens (primary N) is 1. The van der Waals surface area contributed by atoms with Crippen molar-refractivity contribution in [2.75, 3.05) is 13.2 Å². The number of carbonyl (C=O) groups is 3. The molecule has 0 saturated carbocycles. The number of rotatable bonds is 11. The van der Waals surface area contributed by atoms with Crippen LogP contribution in [0.1, 0.15) is 12.5 Å². The minimum absolute atomic E-state index is 0.244.